The van der Waals surface area contributed by atoms with Gasteiger partial charge in [0.1, 0.15) is 0 Å². The van der Waals surface area contributed by atoms with Gasteiger partial charge in [-0.2, -0.15) is 0 Å². The molecule has 6 heteroatoms. The number of ketones is 2. The van der Waals surface area contributed by atoms with Gasteiger partial charge in [0.05, 0.1) is 12.5 Å². The van der Waals surface area contributed by atoms with Gasteiger partial charge in [-0.1, -0.05) is 42.5 Å². The zero-order valence-electron chi connectivity index (χ0n) is 17.7. The Balaban J connectivity index is 1.41. The summed E-state index contributed by atoms with van der Waals surface area (Å²) >= 11 is 0. The quantitative estimate of drug-likeness (QED) is 0.471. The van der Waals surface area contributed by atoms with Crippen LogP contribution in [0.5, 0.6) is 0 Å². The number of nitrogens with one attached hydrogen (secondary N) is 1. The van der Waals surface area contributed by atoms with Crippen LogP contribution in [0.4, 0.5) is 0 Å². The van der Waals surface area contributed by atoms with Gasteiger partial charge in [-0.05, 0) is 55.4 Å². The lowest BCUT2D eigenvalue weighted by atomic mass is 10.0. The average Bonchev–Trinajstić information content (AvgIpc) is 3.24. The molecule has 31 heavy (non-hydrogen) atoms. The van der Waals surface area contributed by atoms with Crippen LogP contribution in [-0.4, -0.2) is 36.1 Å². The number of esters is 1. The van der Waals surface area contributed by atoms with Gasteiger partial charge in [-0.25, -0.2) is 0 Å². The first-order valence-electron chi connectivity index (χ1n) is 10.6. The second-order valence-electron chi connectivity index (χ2n) is 7.84. The molecule has 0 bridgehead atoms. The highest BCUT2D eigenvalue weighted by Crippen LogP contribution is 2.23. The Morgan fingerprint density at radius 2 is 1.71 bits per heavy atom. The molecule has 0 aromatic heterocycles. The van der Waals surface area contributed by atoms with Crippen LogP contribution >= 0.6 is 0 Å². The SMILES string of the molecule is CC(=O)[C@H](Cc1ccccc1)NC(=O)COC(=O)CCC(=O)c1ccc2c(c1)CCC2. The molecule has 6 nitrogen and oxygen atoms in total. The summed E-state index contributed by atoms with van der Waals surface area (Å²) < 4.78 is 4.98. The average molecular weight is 421 g/mol. The molecule has 2 aromatic carbocycles. The number of carbonyl (C=O) groups excluding carboxylic acids is 4. The zero-order valence-corrected chi connectivity index (χ0v) is 17.7. The molecule has 0 heterocycles. The summed E-state index contributed by atoms with van der Waals surface area (Å²) in [5, 5.41) is 2.60. The zero-order chi connectivity index (χ0) is 22.2. The summed E-state index contributed by atoms with van der Waals surface area (Å²) in [5.74, 6) is -1.46. The fourth-order valence-corrected chi connectivity index (χ4v) is 3.71. The first kappa shape index (κ1) is 22.4. The van der Waals surface area contributed by atoms with Gasteiger partial charge in [0.2, 0.25) is 0 Å². The molecule has 0 fully saturated rings. The van der Waals surface area contributed by atoms with Crippen molar-refractivity contribution in [3.63, 3.8) is 0 Å². The van der Waals surface area contributed by atoms with Crippen molar-refractivity contribution in [1.82, 2.24) is 5.32 Å². The van der Waals surface area contributed by atoms with Crippen LogP contribution < -0.4 is 5.32 Å². The molecule has 0 unspecified atom stereocenters. The Hall–Kier alpha value is -3.28. The highest BCUT2D eigenvalue weighted by atomic mass is 16.5. The van der Waals surface area contributed by atoms with Gasteiger partial charge < -0.3 is 10.1 Å². The minimum Gasteiger partial charge on any atom is -0.456 e. The van der Waals surface area contributed by atoms with Crippen LogP contribution in [0.3, 0.4) is 0 Å². The molecule has 0 spiro atoms. The summed E-state index contributed by atoms with van der Waals surface area (Å²) in [5.41, 5.74) is 4.03. The van der Waals surface area contributed by atoms with Crippen LogP contribution in [0.2, 0.25) is 0 Å². The number of amides is 1. The van der Waals surface area contributed by atoms with E-state index < -0.39 is 24.5 Å². The Bertz CT molecular complexity index is 967. The lowest BCUT2D eigenvalue weighted by molar-refractivity contribution is -0.148. The van der Waals surface area contributed by atoms with Crippen molar-refractivity contribution in [2.24, 2.45) is 0 Å². The predicted molar refractivity (Wildman–Crippen MR) is 116 cm³/mol. The lowest BCUT2D eigenvalue weighted by Crippen LogP contribution is -2.43. The Morgan fingerprint density at radius 3 is 2.45 bits per heavy atom. The Kier molecular flexibility index (Phi) is 7.70. The summed E-state index contributed by atoms with van der Waals surface area (Å²) in [7, 11) is 0. The largest absolute Gasteiger partial charge is 0.456 e. The van der Waals surface area contributed by atoms with Crippen molar-refractivity contribution >= 4 is 23.4 Å². The summed E-state index contributed by atoms with van der Waals surface area (Å²) in [4.78, 5) is 48.3. The van der Waals surface area contributed by atoms with Crippen molar-refractivity contribution in [2.45, 2.75) is 51.5 Å². The number of fused-ring (bicyclic) bond motifs is 1. The minimum absolute atomic E-state index is 0.0311. The molecule has 3 rings (SSSR count). The van der Waals surface area contributed by atoms with E-state index in [-0.39, 0.29) is 24.4 Å². The van der Waals surface area contributed by atoms with Crippen LogP contribution in [0, 0.1) is 0 Å². The van der Waals surface area contributed by atoms with Gasteiger partial charge >= 0.3 is 5.97 Å². The minimum atomic E-state index is -0.685. The molecule has 162 valence electrons. The fraction of sp³-hybridized carbons (Fsp3) is 0.360. The molecular formula is C25H27NO5. The Labute approximate surface area is 182 Å². The summed E-state index contributed by atoms with van der Waals surface area (Å²) in [6.45, 7) is 0.926. The topological polar surface area (TPSA) is 89.5 Å². The van der Waals surface area contributed by atoms with Gasteiger partial charge in [-0.15, -0.1) is 0 Å². The smallest absolute Gasteiger partial charge is 0.306 e. The highest BCUT2D eigenvalue weighted by molar-refractivity contribution is 5.98. The number of Topliss-reactive ketones (excluding diaryl/α,β-unsaturated/α-hetero) is 2. The van der Waals surface area contributed by atoms with Crippen molar-refractivity contribution in [3.05, 3.63) is 70.8 Å². The number of carbonyl (C=O) groups is 4. The molecule has 1 N–H and O–H groups in total. The van der Waals surface area contributed by atoms with Gasteiger partial charge in [-0.3, -0.25) is 19.2 Å². The molecule has 1 atom stereocenters. The fourth-order valence-electron chi connectivity index (χ4n) is 3.71. The number of aryl methyl sites for hydroxylation is 2. The first-order chi connectivity index (χ1) is 14.9. The van der Waals surface area contributed by atoms with E-state index in [1.807, 2.05) is 42.5 Å². The maximum absolute atomic E-state index is 12.4. The highest BCUT2D eigenvalue weighted by Gasteiger charge is 2.19. The first-order valence-corrected chi connectivity index (χ1v) is 10.6. The predicted octanol–water partition coefficient (Wildman–Crippen LogP) is 3.00. The number of hydrogen-bond acceptors (Lipinski definition) is 5. The van der Waals surface area contributed by atoms with Crippen molar-refractivity contribution in [1.29, 1.82) is 0 Å². The third-order valence-corrected chi connectivity index (χ3v) is 5.45. The van der Waals surface area contributed by atoms with E-state index in [0.717, 1.165) is 24.8 Å². The van der Waals surface area contributed by atoms with Crippen molar-refractivity contribution in [3.8, 4) is 0 Å². The number of ether oxygens (including phenoxy) is 1. The molecule has 1 aliphatic carbocycles. The summed E-state index contributed by atoms with van der Waals surface area (Å²) in [6.07, 6.45) is 3.45. The lowest BCUT2D eigenvalue weighted by Gasteiger charge is -2.16. The maximum atomic E-state index is 12.4. The van der Waals surface area contributed by atoms with Gasteiger partial charge in [0, 0.05) is 12.0 Å². The van der Waals surface area contributed by atoms with E-state index in [2.05, 4.69) is 5.32 Å². The van der Waals surface area contributed by atoms with E-state index in [1.54, 1.807) is 6.07 Å². The maximum Gasteiger partial charge on any atom is 0.306 e. The number of rotatable bonds is 10. The molecule has 1 aliphatic rings. The molecule has 1 amide bonds. The molecular weight excluding hydrogens is 394 g/mol. The van der Waals surface area contributed by atoms with Crippen LogP contribution in [0.15, 0.2) is 48.5 Å². The molecule has 0 saturated carbocycles. The van der Waals surface area contributed by atoms with E-state index >= 15 is 0 Å². The standard InChI is InChI=1S/C25H27NO5/c1-17(27)22(14-18-6-3-2-4-7-18)26-24(29)16-31-25(30)13-12-23(28)21-11-10-19-8-5-9-20(19)15-21/h2-4,6-7,10-11,15,22H,5,8-9,12-14,16H2,1H3,(H,26,29)/t22-/m0/s1. The normalized spacial score (nSPS) is 13.2. The molecule has 0 saturated heterocycles. The van der Waals surface area contributed by atoms with E-state index in [1.165, 1.54) is 18.1 Å². The molecule has 2 aromatic rings. The monoisotopic (exact) mass is 421 g/mol. The Morgan fingerprint density at radius 1 is 0.968 bits per heavy atom. The van der Waals surface area contributed by atoms with Crippen LogP contribution in [0.1, 0.15) is 53.2 Å². The second-order valence-corrected chi connectivity index (χ2v) is 7.84. The van der Waals surface area contributed by atoms with Crippen LogP contribution in [0.25, 0.3) is 0 Å². The van der Waals surface area contributed by atoms with Crippen LogP contribution in [-0.2, 0) is 38.4 Å². The third kappa shape index (κ3) is 6.60. The molecule has 0 radical (unpaired) electrons. The number of hydrogen-bond donors (Lipinski definition) is 1. The molecule has 0 aliphatic heterocycles. The van der Waals surface area contributed by atoms with E-state index in [9.17, 15) is 19.2 Å². The van der Waals surface area contributed by atoms with Crippen molar-refractivity contribution < 1.29 is 23.9 Å². The van der Waals surface area contributed by atoms with Crippen molar-refractivity contribution in [2.75, 3.05) is 6.61 Å². The van der Waals surface area contributed by atoms with E-state index in [4.69, 9.17) is 4.74 Å². The van der Waals surface area contributed by atoms with Gasteiger partial charge in [0.15, 0.2) is 18.2 Å². The van der Waals surface area contributed by atoms with E-state index in [0.29, 0.717) is 12.0 Å². The second kappa shape index (κ2) is 10.7. The summed E-state index contributed by atoms with van der Waals surface area (Å²) in [6, 6.07) is 14.4. The van der Waals surface area contributed by atoms with Gasteiger partial charge in [0.25, 0.3) is 5.91 Å². The number of benzene rings is 2. The third-order valence-electron chi connectivity index (χ3n) is 5.45.